The van der Waals surface area contributed by atoms with Crippen molar-refractivity contribution in [1.82, 2.24) is 10.2 Å². The molecule has 1 saturated heterocycles. The minimum Gasteiger partial charge on any atom is -0.370 e. The van der Waals surface area contributed by atoms with Crippen molar-refractivity contribution in [2.45, 2.75) is 45.7 Å². The highest BCUT2D eigenvalue weighted by Gasteiger charge is 2.20. The maximum absolute atomic E-state index is 5.95. The summed E-state index contributed by atoms with van der Waals surface area (Å²) in [6.07, 6.45) is 2.52. The number of nitrogens with one attached hydrogen (secondary N) is 1. The summed E-state index contributed by atoms with van der Waals surface area (Å²) in [6, 6.07) is 4.35. The Balaban J connectivity index is 1.80. The number of piperidine rings is 1. The van der Waals surface area contributed by atoms with E-state index in [0.717, 1.165) is 19.6 Å². The largest absolute Gasteiger partial charge is 0.370 e. The maximum Gasteiger partial charge on any atom is 0.188 e. The quantitative estimate of drug-likeness (QED) is 0.664. The smallest absolute Gasteiger partial charge is 0.188 e. The molecular weight excluding hydrogens is 280 g/mol. The van der Waals surface area contributed by atoms with E-state index in [2.05, 4.69) is 53.5 Å². The summed E-state index contributed by atoms with van der Waals surface area (Å²) in [5, 5.41) is 5.37. The second-order valence-electron chi connectivity index (χ2n) is 6.92. The Kier molecular flexibility index (Phi) is 5.65. The lowest BCUT2D eigenvalue weighted by atomic mass is 9.98. The molecule has 3 N–H and O–H groups in total. The van der Waals surface area contributed by atoms with Gasteiger partial charge in [-0.2, -0.15) is 0 Å². The fraction of sp³-hybridized carbons (Fsp3) is 0.688. The normalized spacial score (nSPS) is 21.5. The molecule has 4 nitrogen and oxygen atoms in total. The van der Waals surface area contributed by atoms with Crippen LogP contribution in [0.25, 0.3) is 0 Å². The van der Waals surface area contributed by atoms with Gasteiger partial charge in [-0.1, -0.05) is 6.07 Å². The molecule has 0 amide bonds. The van der Waals surface area contributed by atoms with Crippen molar-refractivity contribution in [3.05, 3.63) is 22.4 Å². The van der Waals surface area contributed by atoms with Crippen molar-refractivity contribution in [3.63, 3.8) is 0 Å². The fourth-order valence-electron chi connectivity index (χ4n) is 2.72. The van der Waals surface area contributed by atoms with Crippen LogP contribution >= 0.6 is 11.3 Å². The average Bonchev–Trinajstić information content (AvgIpc) is 2.88. The second-order valence-corrected chi connectivity index (χ2v) is 7.96. The zero-order valence-corrected chi connectivity index (χ0v) is 14.2. The highest BCUT2D eigenvalue weighted by Crippen LogP contribution is 2.20. The van der Waals surface area contributed by atoms with Gasteiger partial charge in [-0.05, 0) is 57.5 Å². The lowest BCUT2D eigenvalue weighted by Crippen LogP contribution is -2.45. The molecule has 2 rings (SSSR count). The summed E-state index contributed by atoms with van der Waals surface area (Å²) < 4.78 is 0. The molecule has 5 heteroatoms. The number of thiophene rings is 1. The summed E-state index contributed by atoms with van der Waals surface area (Å²) in [5.41, 5.74) is 5.93. The van der Waals surface area contributed by atoms with Crippen molar-refractivity contribution in [3.8, 4) is 0 Å². The van der Waals surface area contributed by atoms with Gasteiger partial charge >= 0.3 is 0 Å². The summed E-state index contributed by atoms with van der Waals surface area (Å²) in [4.78, 5) is 8.52. The molecule has 1 aliphatic heterocycles. The number of hydrogen-bond acceptors (Lipinski definition) is 3. The molecule has 1 atom stereocenters. The molecule has 1 aliphatic rings. The minimum absolute atomic E-state index is 0.0225. The first-order valence-corrected chi connectivity index (χ1v) is 8.63. The van der Waals surface area contributed by atoms with E-state index in [1.54, 1.807) is 0 Å². The minimum atomic E-state index is -0.0225. The van der Waals surface area contributed by atoms with E-state index in [4.69, 9.17) is 5.73 Å². The molecule has 2 heterocycles. The van der Waals surface area contributed by atoms with Gasteiger partial charge in [0.25, 0.3) is 0 Å². The highest BCUT2D eigenvalue weighted by molar-refractivity contribution is 7.09. The Morgan fingerprint density at radius 2 is 2.33 bits per heavy atom. The third kappa shape index (κ3) is 6.06. The van der Waals surface area contributed by atoms with Crippen molar-refractivity contribution in [1.29, 1.82) is 0 Å². The molecule has 118 valence electrons. The van der Waals surface area contributed by atoms with E-state index in [1.807, 2.05) is 11.3 Å². The molecule has 0 aromatic carbocycles. The summed E-state index contributed by atoms with van der Waals surface area (Å²) >= 11 is 1.84. The molecule has 0 spiro atoms. The number of hydrogen-bond donors (Lipinski definition) is 2. The monoisotopic (exact) mass is 308 g/mol. The van der Waals surface area contributed by atoms with Crippen LogP contribution in [0.2, 0.25) is 0 Å². The molecule has 0 saturated carbocycles. The summed E-state index contributed by atoms with van der Waals surface area (Å²) in [5.74, 6) is 1.19. The average molecular weight is 308 g/mol. The van der Waals surface area contributed by atoms with Crippen molar-refractivity contribution < 1.29 is 0 Å². The third-order valence-corrected chi connectivity index (χ3v) is 4.45. The Morgan fingerprint density at radius 3 is 3.00 bits per heavy atom. The van der Waals surface area contributed by atoms with E-state index in [-0.39, 0.29) is 5.54 Å². The van der Waals surface area contributed by atoms with E-state index < -0.39 is 0 Å². The lowest BCUT2D eigenvalue weighted by molar-refractivity contribution is 0.172. The molecule has 1 unspecified atom stereocenters. The van der Waals surface area contributed by atoms with Crippen LogP contribution in [-0.2, 0) is 6.54 Å². The maximum atomic E-state index is 5.95. The molecule has 0 bridgehead atoms. The zero-order chi connectivity index (χ0) is 15.3. The Bertz CT molecular complexity index is 447. The number of nitrogens with two attached hydrogens (primary N) is 1. The van der Waals surface area contributed by atoms with Crippen LogP contribution in [0.4, 0.5) is 0 Å². The van der Waals surface area contributed by atoms with Gasteiger partial charge in [0.1, 0.15) is 0 Å². The Labute approximate surface area is 132 Å². The number of guanidine groups is 1. The van der Waals surface area contributed by atoms with Crippen LogP contribution in [0.15, 0.2) is 22.5 Å². The standard InChI is InChI=1S/C16H28N4S/c1-16(2,3)19-15(17)18-10-13-6-4-8-20(11-13)12-14-7-5-9-21-14/h5,7,9,13H,4,6,8,10-12H2,1-3H3,(H3,17,18,19). The van der Waals surface area contributed by atoms with Crippen LogP contribution in [-0.4, -0.2) is 36.0 Å². The van der Waals surface area contributed by atoms with Gasteiger partial charge in [-0.15, -0.1) is 11.3 Å². The van der Waals surface area contributed by atoms with Gasteiger partial charge < -0.3 is 11.1 Å². The molecular formula is C16H28N4S. The third-order valence-electron chi connectivity index (χ3n) is 3.59. The Morgan fingerprint density at radius 1 is 1.52 bits per heavy atom. The van der Waals surface area contributed by atoms with E-state index in [0.29, 0.717) is 11.9 Å². The van der Waals surface area contributed by atoms with Gasteiger partial charge in [-0.25, -0.2) is 0 Å². The second kappa shape index (κ2) is 7.27. The first kappa shape index (κ1) is 16.3. The Hall–Kier alpha value is -1.07. The summed E-state index contributed by atoms with van der Waals surface area (Å²) in [7, 11) is 0. The number of likely N-dealkylation sites (tertiary alicyclic amines) is 1. The lowest BCUT2D eigenvalue weighted by Gasteiger charge is -2.31. The molecule has 21 heavy (non-hydrogen) atoms. The van der Waals surface area contributed by atoms with Gasteiger partial charge in [0.2, 0.25) is 0 Å². The summed E-state index contributed by atoms with van der Waals surface area (Å²) in [6.45, 7) is 10.5. The van der Waals surface area contributed by atoms with E-state index in [9.17, 15) is 0 Å². The first-order chi connectivity index (χ1) is 9.92. The van der Waals surface area contributed by atoms with Crippen LogP contribution in [0.1, 0.15) is 38.5 Å². The van der Waals surface area contributed by atoms with E-state index >= 15 is 0 Å². The van der Waals surface area contributed by atoms with Crippen LogP contribution < -0.4 is 11.1 Å². The van der Waals surface area contributed by atoms with Gasteiger partial charge in [0.15, 0.2) is 5.96 Å². The highest BCUT2D eigenvalue weighted by atomic mass is 32.1. The number of nitrogens with zero attached hydrogens (tertiary/aromatic N) is 2. The fourth-order valence-corrected chi connectivity index (χ4v) is 3.46. The molecule has 1 fully saturated rings. The SMILES string of the molecule is CC(C)(C)NC(N)=NCC1CCCN(Cc2cccs2)C1. The van der Waals surface area contributed by atoms with Crippen LogP contribution in [0.3, 0.4) is 0 Å². The van der Waals surface area contributed by atoms with Crippen LogP contribution in [0, 0.1) is 5.92 Å². The number of rotatable bonds is 4. The molecule has 0 radical (unpaired) electrons. The molecule has 1 aromatic heterocycles. The topological polar surface area (TPSA) is 53.6 Å². The predicted octanol–water partition coefficient (Wildman–Crippen LogP) is 2.66. The van der Waals surface area contributed by atoms with Crippen molar-refractivity contribution in [2.24, 2.45) is 16.6 Å². The van der Waals surface area contributed by atoms with Gasteiger partial charge in [-0.3, -0.25) is 9.89 Å². The van der Waals surface area contributed by atoms with Crippen molar-refractivity contribution in [2.75, 3.05) is 19.6 Å². The molecule has 1 aromatic rings. The van der Waals surface area contributed by atoms with E-state index in [1.165, 1.54) is 24.3 Å². The van der Waals surface area contributed by atoms with Gasteiger partial charge in [0.05, 0.1) is 0 Å². The predicted molar refractivity (Wildman–Crippen MR) is 91.7 cm³/mol. The van der Waals surface area contributed by atoms with Crippen molar-refractivity contribution >= 4 is 17.3 Å². The first-order valence-electron chi connectivity index (χ1n) is 7.75. The zero-order valence-electron chi connectivity index (χ0n) is 13.4. The van der Waals surface area contributed by atoms with Crippen LogP contribution in [0.5, 0.6) is 0 Å². The molecule has 0 aliphatic carbocycles. The number of aliphatic imine (C=N–C) groups is 1. The van der Waals surface area contributed by atoms with Gasteiger partial charge in [0, 0.05) is 30.1 Å².